The second-order valence-corrected chi connectivity index (χ2v) is 3.37. The number of likely N-dealkylation sites (tertiary alicyclic amines) is 1. The third kappa shape index (κ3) is 3.57. The summed E-state index contributed by atoms with van der Waals surface area (Å²) in [6, 6.07) is 0. The Labute approximate surface area is 88.0 Å². The molecule has 0 aromatic rings. The van der Waals surface area contributed by atoms with Crippen LogP contribution in [0.3, 0.4) is 0 Å². The summed E-state index contributed by atoms with van der Waals surface area (Å²) in [6.45, 7) is 0.638. The summed E-state index contributed by atoms with van der Waals surface area (Å²) in [6.07, 6.45) is 1.32. The largest absolute Gasteiger partial charge is 0.358 e. The van der Waals surface area contributed by atoms with Gasteiger partial charge in [-0.05, 0) is 6.42 Å². The van der Waals surface area contributed by atoms with E-state index in [1.54, 1.807) is 0 Å². The number of nitrogens with zero attached hydrogens (tertiary/aromatic N) is 1. The van der Waals surface area contributed by atoms with Crippen LogP contribution in [0.15, 0.2) is 0 Å². The summed E-state index contributed by atoms with van der Waals surface area (Å²) in [5, 5.41) is 4.82. The average molecular weight is 213 g/mol. The molecule has 84 valence electrons. The van der Waals surface area contributed by atoms with Crippen LogP contribution in [0.2, 0.25) is 0 Å². The van der Waals surface area contributed by atoms with Crippen molar-refractivity contribution in [2.75, 3.05) is 26.7 Å². The SMILES string of the molecule is CNC(=O)CNC(=O)CN1CCCC1=O. The summed E-state index contributed by atoms with van der Waals surface area (Å²) in [5.74, 6) is -0.546. The van der Waals surface area contributed by atoms with Gasteiger partial charge in [-0.15, -0.1) is 0 Å². The second-order valence-electron chi connectivity index (χ2n) is 3.37. The van der Waals surface area contributed by atoms with E-state index in [0.717, 1.165) is 6.42 Å². The van der Waals surface area contributed by atoms with Crippen molar-refractivity contribution in [3.8, 4) is 0 Å². The average Bonchev–Trinajstić information content (AvgIpc) is 2.61. The van der Waals surface area contributed by atoms with Gasteiger partial charge in [-0.1, -0.05) is 0 Å². The first kappa shape index (κ1) is 11.5. The van der Waals surface area contributed by atoms with Gasteiger partial charge >= 0.3 is 0 Å². The highest BCUT2D eigenvalue weighted by Gasteiger charge is 2.22. The topological polar surface area (TPSA) is 78.5 Å². The van der Waals surface area contributed by atoms with Gasteiger partial charge in [-0.25, -0.2) is 0 Å². The molecule has 1 aliphatic rings. The number of carbonyl (C=O) groups is 3. The van der Waals surface area contributed by atoms with E-state index >= 15 is 0 Å². The third-order valence-corrected chi connectivity index (χ3v) is 2.23. The number of hydrogen-bond donors (Lipinski definition) is 2. The minimum atomic E-state index is -0.297. The molecule has 0 aromatic heterocycles. The van der Waals surface area contributed by atoms with Gasteiger partial charge in [0, 0.05) is 20.0 Å². The molecule has 0 saturated carbocycles. The molecule has 0 unspecified atom stereocenters. The third-order valence-electron chi connectivity index (χ3n) is 2.23. The van der Waals surface area contributed by atoms with E-state index in [-0.39, 0.29) is 30.8 Å². The van der Waals surface area contributed by atoms with Crippen molar-refractivity contribution in [2.24, 2.45) is 0 Å². The molecule has 3 amide bonds. The molecule has 0 bridgehead atoms. The first-order valence-electron chi connectivity index (χ1n) is 4.88. The van der Waals surface area contributed by atoms with E-state index in [0.29, 0.717) is 13.0 Å². The van der Waals surface area contributed by atoms with Crippen molar-refractivity contribution in [3.05, 3.63) is 0 Å². The van der Waals surface area contributed by atoms with Crippen LogP contribution in [0.1, 0.15) is 12.8 Å². The Morgan fingerprint density at radius 2 is 2.13 bits per heavy atom. The predicted molar refractivity (Wildman–Crippen MR) is 52.9 cm³/mol. The first-order chi connectivity index (χ1) is 7.13. The van der Waals surface area contributed by atoms with Gasteiger partial charge in [0.05, 0.1) is 13.1 Å². The lowest BCUT2D eigenvalue weighted by atomic mass is 10.4. The number of carbonyl (C=O) groups excluding carboxylic acids is 3. The van der Waals surface area contributed by atoms with E-state index in [1.165, 1.54) is 11.9 Å². The fourth-order valence-electron chi connectivity index (χ4n) is 1.37. The molecule has 0 atom stereocenters. The quantitative estimate of drug-likeness (QED) is 0.594. The Bertz CT molecular complexity index is 278. The zero-order valence-electron chi connectivity index (χ0n) is 8.71. The van der Waals surface area contributed by atoms with Gasteiger partial charge in [-0.2, -0.15) is 0 Å². The highest BCUT2D eigenvalue weighted by molar-refractivity contribution is 5.88. The van der Waals surface area contributed by atoms with Crippen LogP contribution in [0.4, 0.5) is 0 Å². The van der Waals surface area contributed by atoms with E-state index < -0.39 is 0 Å². The Balaban J connectivity index is 2.23. The molecule has 0 spiro atoms. The van der Waals surface area contributed by atoms with Crippen molar-refractivity contribution in [1.29, 1.82) is 0 Å². The van der Waals surface area contributed by atoms with Gasteiger partial charge in [0.1, 0.15) is 0 Å². The lowest BCUT2D eigenvalue weighted by Gasteiger charge is -2.14. The lowest BCUT2D eigenvalue weighted by Crippen LogP contribution is -2.41. The zero-order valence-corrected chi connectivity index (χ0v) is 8.71. The number of hydrogen-bond acceptors (Lipinski definition) is 3. The zero-order chi connectivity index (χ0) is 11.3. The molecule has 0 aliphatic carbocycles. The highest BCUT2D eigenvalue weighted by Crippen LogP contribution is 2.08. The van der Waals surface area contributed by atoms with Crippen molar-refractivity contribution in [2.45, 2.75) is 12.8 Å². The van der Waals surface area contributed by atoms with E-state index in [2.05, 4.69) is 10.6 Å². The first-order valence-corrected chi connectivity index (χ1v) is 4.88. The molecule has 6 heteroatoms. The number of rotatable bonds is 4. The summed E-state index contributed by atoms with van der Waals surface area (Å²) in [7, 11) is 1.50. The molecule has 1 aliphatic heterocycles. The molecular formula is C9H15N3O3. The molecular weight excluding hydrogens is 198 g/mol. The van der Waals surface area contributed by atoms with Crippen LogP contribution in [-0.2, 0) is 14.4 Å². The number of nitrogens with one attached hydrogen (secondary N) is 2. The number of likely N-dealkylation sites (N-methyl/N-ethyl adjacent to an activating group) is 1. The number of amides is 3. The second kappa shape index (κ2) is 5.33. The molecule has 6 nitrogen and oxygen atoms in total. The van der Waals surface area contributed by atoms with Gasteiger partial charge in [-0.3, -0.25) is 14.4 Å². The van der Waals surface area contributed by atoms with E-state index in [1.807, 2.05) is 0 Å². The molecule has 1 heterocycles. The maximum atomic E-state index is 11.3. The minimum Gasteiger partial charge on any atom is -0.358 e. The standard InChI is InChI=1S/C9H15N3O3/c1-10-7(13)5-11-8(14)6-12-4-2-3-9(12)15/h2-6H2,1H3,(H,10,13)(H,11,14). The maximum absolute atomic E-state index is 11.3. The van der Waals surface area contributed by atoms with Crippen LogP contribution in [0, 0.1) is 0 Å². The van der Waals surface area contributed by atoms with Crippen LogP contribution in [0.5, 0.6) is 0 Å². The van der Waals surface area contributed by atoms with Crippen LogP contribution in [0.25, 0.3) is 0 Å². The van der Waals surface area contributed by atoms with Crippen LogP contribution >= 0.6 is 0 Å². The molecule has 2 N–H and O–H groups in total. The summed E-state index contributed by atoms with van der Waals surface area (Å²) in [5.41, 5.74) is 0. The minimum absolute atomic E-state index is 0.00472. The fourth-order valence-corrected chi connectivity index (χ4v) is 1.37. The Morgan fingerprint density at radius 3 is 2.67 bits per heavy atom. The van der Waals surface area contributed by atoms with Crippen LogP contribution in [-0.4, -0.2) is 49.3 Å². The maximum Gasteiger partial charge on any atom is 0.240 e. The van der Waals surface area contributed by atoms with Gasteiger partial charge in [0.2, 0.25) is 17.7 Å². The predicted octanol–water partition coefficient (Wildman–Crippen LogP) is -1.53. The molecule has 1 rings (SSSR count). The van der Waals surface area contributed by atoms with Gasteiger partial charge in [0.15, 0.2) is 0 Å². The van der Waals surface area contributed by atoms with Crippen LogP contribution < -0.4 is 10.6 Å². The Hall–Kier alpha value is -1.59. The van der Waals surface area contributed by atoms with Crippen molar-refractivity contribution >= 4 is 17.7 Å². The van der Waals surface area contributed by atoms with Crippen molar-refractivity contribution in [3.63, 3.8) is 0 Å². The van der Waals surface area contributed by atoms with E-state index in [4.69, 9.17) is 0 Å². The molecule has 0 radical (unpaired) electrons. The van der Waals surface area contributed by atoms with Crippen molar-refractivity contribution < 1.29 is 14.4 Å². The monoisotopic (exact) mass is 213 g/mol. The Morgan fingerprint density at radius 1 is 1.40 bits per heavy atom. The summed E-state index contributed by atoms with van der Waals surface area (Å²) < 4.78 is 0. The lowest BCUT2D eigenvalue weighted by molar-refractivity contribution is -0.133. The summed E-state index contributed by atoms with van der Waals surface area (Å²) in [4.78, 5) is 34.8. The molecule has 15 heavy (non-hydrogen) atoms. The smallest absolute Gasteiger partial charge is 0.240 e. The molecule has 0 aromatic carbocycles. The van der Waals surface area contributed by atoms with E-state index in [9.17, 15) is 14.4 Å². The normalized spacial score (nSPS) is 15.3. The van der Waals surface area contributed by atoms with Crippen molar-refractivity contribution in [1.82, 2.24) is 15.5 Å². The van der Waals surface area contributed by atoms with Gasteiger partial charge in [0.25, 0.3) is 0 Å². The molecule has 1 fully saturated rings. The highest BCUT2D eigenvalue weighted by atomic mass is 16.2. The van der Waals surface area contributed by atoms with Gasteiger partial charge < -0.3 is 15.5 Å². The Kier molecular flexibility index (Phi) is 4.08. The fraction of sp³-hybridized carbons (Fsp3) is 0.667. The summed E-state index contributed by atoms with van der Waals surface area (Å²) >= 11 is 0. The molecule has 1 saturated heterocycles.